The lowest BCUT2D eigenvalue weighted by atomic mass is 9.87. The van der Waals surface area contributed by atoms with Gasteiger partial charge in [0.2, 0.25) is 0 Å². The van der Waals surface area contributed by atoms with Crippen molar-refractivity contribution >= 4 is 6.03 Å². The smallest absolute Gasteiger partial charge is 0.321 e. The minimum atomic E-state index is -0.393. The normalized spacial score (nSPS) is 17.1. The fraction of sp³-hybridized carbons (Fsp3) is 0.311. The van der Waals surface area contributed by atoms with Gasteiger partial charge in [-0.15, -0.1) is 0 Å². The molecule has 1 fully saturated rings. The third-order valence-corrected chi connectivity index (χ3v) is 9.69. The zero-order valence-electron chi connectivity index (χ0n) is 31.0. The van der Waals surface area contributed by atoms with Crippen molar-refractivity contribution < 1.29 is 28.5 Å². The van der Waals surface area contributed by atoms with Crippen molar-refractivity contribution in [2.45, 2.75) is 57.1 Å². The van der Waals surface area contributed by atoms with Gasteiger partial charge >= 0.3 is 6.03 Å². The van der Waals surface area contributed by atoms with Gasteiger partial charge in [0, 0.05) is 20.2 Å². The maximum atomic E-state index is 15.2. The molecule has 5 aromatic rings. The van der Waals surface area contributed by atoms with Crippen LogP contribution < -0.4 is 15.2 Å². The molecule has 0 aromatic heterocycles. The Morgan fingerprint density at radius 2 is 1.17 bits per heavy atom. The fourth-order valence-corrected chi connectivity index (χ4v) is 7.04. The summed E-state index contributed by atoms with van der Waals surface area (Å²) in [5, 5.41) is 0. The van der Waals surface area contributed by atoms with Gasteiger partial charge in [0.05, 0.1) is 25.3 Å². The number of nitrogens with zero attached hydrogens (tertiary/aromatic N) is 2. The van der Waals surface area contributed by atoms with Gasteiger partial charge in [-0.3, -0.25) is 5.73 Å². The van der Waals surface area contributed by atoms with E-state index in [1.54, 1.807) is 7.11 Å². The first kappa shape index (κ1) is 38.5. The molecule has 9 nitrogen and oxygen atoms in total. The van der Waals surface area contributed by atoms with Crippen molar-refractivity contribution in [2.24, 2.45) is 5.73 Å². The van der Waals surface area contributed by atoms with E-state index in [0.717, 1.165) is 34.4 Å². The Morgan fingerprint density at radius 1 is 0.611 bits per heavy atom. The minimum absolute atomic E-state index is 0.0603. The minimum Gasteiger partial charge on any atom is -0.489 e. The predicted octanol–water partition coefficient (Wildman–Crippen LogP) is 7.62. The first-order chi connectivity index (χ1) is 26.6. The zero-order chi connectivity index (χ0) is 37.4. The van der Waals surface area contributed by atoms with Crippen LogP contribution in [0.25, 0.3) is 0 Å². The standard InChI is InChI=1S/C45H51N3O6/c1-50-25-26-51-34-54-44-42(24-23-35-13-5-2-6-14-35)47(30-38-19-11-21-40(27-38)52-32-37-17-9-4-10-18-37)45(49)48(43(44)29-36-15-7-3-8-16-36)31-39-20-12-22-41(28-39)53-33-46/h2-22,27-28,42-44H,23-26,29-34,46H2,1H3/t42-,43-,44-/m1/s1. The van der Waals surface area contributed by atoms with E-state index in [2.05, 4.69) is 42.5 Å². The molecule has 0 unspecified atom stereocenters. The molecule has 0 saturated carbocycles. The molecule has 0 bridgehead atoms. The lowest BCUT2D eigenvalue weighted by molar-refractivity contribution is -0.150. The number of nitrogens with two attached hydrogens (primary N) is 1. The van der Waals surface area contributed by atoms with Crippen LogP contribution in [-0.4, -0.2) is 67.9 Å². The van der Waals surface area contributed by atoms with Gasteiger partial charge in [0.15, 0.2) is 0 Å². The van der Waals surface area contributed by atoms with Crippen molar-refractivity contribution in [3.05, 3.63) is 167 Å². The molecular weight excluding hydrogens is 679 g/mol. The second kappa shape index (κ2) is 20.3. The second-order valence-corrected chi connectivity index (χ2v) is 13.4. The maximum absolute atomic E-state index is 15.2. The summed E-state index contributed by atoms with van der Waals surface area (Å²) >= 11 is 0. The van der Waals surface area contributed by atoms with Gasteiger partial charge < -0.3 is 33.5 Å². The average Bonchev–Trinajstić information content (AvgIpc) is 3.21. The van der Waals surface area contributed by atoms with E-state index in [1.807, 2.05) is 107 Å². The summed E-state index contributed by atoms with van der Waals surface area (Å²) in [4.78, 5) is 19.1. The summed E-state index contributed by atoms with van der Waals surface area (Å²) in [7, 11) is 1.65. The summed E-state index contributed by atoms with van der Waals surface area (Å²) in [6.07, 6.45) is 1.68. The van der Waals surface area contributed by atoms with E-state index in [0.29, 0.717) is 51.5 Å². The van der Waals surface area contributed by atoms with Gasteiger partial charge in [0.25, 0.3) is 0 Å². The van der Waals surface area contributed by atoms with E-state index >= 15 is 4.79 Å². The van der Waals surface area contributed by atoms with Gasteiger partial charge in [-0.2, -0.15) is 0 Å². The van der Waals surface area contributed by atoms with Crippen LogP contribution in [0.2, 0.25) is 0 Å². The molecule has 1 saturated heterocycles. The SMILES string of the molecule is COCCOCO[C@@H]1[C@@H](CCc2ccccc2)N(Cc2cccc(OCc3ccccc3)c2)C(=O)N(Cc2cccc(OCN)c2)[C@@H]1Cc1ccccc1. The van der Waals surface area contributed by atoms with Gasteiger partial charge in [-0.25, -0.2) is 4.79 Å². The average molecular weight is 730 g/mol. The molecule has 6 rings (SSSR count). The molecule has 2 amide bonds. The Morgan fingerprint density at radius 3 is 1.78 bits per heavy atom. The van der Waals surface area contributed by atoms with E-state index in [4.69, 9.17) is 29.4 Å². The molecule has 5 aromatic carbocycles. The molecule has 0 radical (unpaired) electrons. The van der Waals surface area contributed by atoms with Gasteiger partial charge in [-0.1, -0.05) is 115 Å². The quantitative estimate of drug-likeness (QED) is 0.0651. The van der Waals surface area contributed by atoms with Crippen LogP contribution in [-0.2, 0) is 46.7 Å². The number of amides is 2. The van der Waals surface area contributed by atoms with Crippen LogP contribution in [0, 0.1) is 0 Å². The second-order valence-electron chi connectivity index (χ2n) is 13.4. The molecule has 0 spiro atoms. The maximum Gasteiger partial charge on any atom is 0.321 e. The first-order valence-electron chi connectivity index (χ1n) is 18.6. The van der Waals surface area contributed by atoms with Crippen molar-refractivity contribution in [1.82, 2.24) is 9.80 Å². The number of rotatable bonds is 20. The van der Waals surface area contributed by atoms with Crippen molar-refractivity contribution in [3.8, 4) is 11.5 Å². The summed E-state index contributed by atoms with van der Waals surface area (Å²) in [6, 6.07) is 46.0. The number of aryl methyl sites for hydroxylation is 1. The Kier molecular flexibility index (Phi) is 14.5. The fourth-order valence-electron chi connectivity index (χ4n) is 7.04. The molecule has 1 heterocycles. The number of hydrogen-bond acceptors (Lipinski definition) is 7. The highest BCUT2D eigenvalue weighted by molar-refractivity contribution is 5.77. The van der Waals surface area contributed by atoms with Crippen molar-refractivity contribution in [3.63, 3.8) is 0 Å². The third-order valence-electron chi connectivity index (χ3n) is 9.69. The highest BCUT2D eigenvalue weighted by atomic mass is 16.7. The Hall–Kier alpha value is -5.19. The highest BCUT2D eigenvalue weighted by Crippen LogP contribution is 2.34. The lowest BCUT2D eigenvalue weighted by Gasteiger charge is -2.51. The van der Waals surface area contributed by atoms with Gasteiger partial charge in [-0.05, 0) is 71.3 Å². The van der Waals surface area contributed by atoms with E-state index < -0.39 is 6.10 Å². The monoisotopic (exact) mass is 729 g/mol. The van der Waals surface area contributed by atoms with Gasteiger partial charge in [0.1, 0.15) is 37.7 Å². The number of ether oxygens (including phenoxy) is 5. The molecular formula is C45H51N3O6. The predicted molar refractivity (Wildman–Crippen MR) is 210 cm³/mol. The summed E-state index contributed by atoms with van der Waals surface area (Å²) in [5.41, 5.74) is 11.0. The third kappa shape index (κ3) is 10.9. The molecule has 1 aliphatic rings. The zero-order valence-corrected chi connectivity index (χ0v) is 31.0. The van der Waals surface area contributed by atoms with Crippen molar-refractivity contribution in [2.75, 3.05) is 33.8 Å². The molecule has 2 N–H and O–H groups in total. The summed E-state index contributed by atoms with van der Waals surface area (Å²) in [6.45, 7) is 2.16. The summed E-state index contributed by atoms with van der Waals surface area (Å²) in [5.74, 6) is 1.40. The number of carbonyl (C=O) groups excluding carboxylic acids is 1. The van der Waals surface area contributed by atoms with Crippen LogP contribution in [0.3, 0.4) is 0 Å². The Bertz CT molecular complexity index is 1840. The van der Waals surface area contributed by atoms with Crippen LogP contribution in [0.5, 0.6) is 11.5 Å². The number of urea groups is 1. The lowest BCUT2D eigenvalue weighted by Crippen LogP contribution is -2.66. The van der Waals surface area contributed by atoms with E-state index in [9.17, 15) is 0 Å². The topological polar surface area (TPSA) is 95.7 Å². The van der Waals surface area contributed by atoms with Crippen LogP contribution in [0.4, 0.5) is 4.79 Å². The van der Waals surface area contributed by atoms with Crippen molar-refractivity contribution in [1.29, 1.82) is 0 Å². The highest BCUT2D eigenvalue weighted by Gasteiger charge is 2.47. The van der Waals surface area contributed by atoms with Crippen LogP contribution >= 0.6 is 0 Å². The van der Waals surface area contributed by atoms with E-state index in [1.165, 1.54) is 5.56 Å². The number of benzene rings is 5. The number of methoxy groups -OCH3 is 1. The first-order valence-corrected chi connectivity index (χ1v) is 18.6. The molecule has 3 atom stereocenters. The molecule has 9 heteroatoms. The molecule has 1 aliphatic heterocycles. The Balaban J connectivity index is 1.37. The van der Waals surface area contributed by atoms with Crippen LogP contribution in [0.15, 0.2) is 140 Å². The molecule has 54 heavy (non-hydrogen) atoms. The largest absolute Gasteiger partial charge is 0.489 e. The Labute approximate surface area is 319 Å². The molecule has 282 valence electrons. The number of carbonyl (C=O) groups is 1. The number of hydrogen-bond donors (Lipinski definition) is 1. The van der Waals surface area contributed by atoms with Crippen LogP contribution in [0.1, 0.15) is 34.2 Å². The van der Waals surface area contributed by atoms with E-state index in [-0.39, 0.29) is 31.6 Å². The summed E-state index contributed by atoms with van der Waals surface area (Å²) < 4.78 is 29.8. The molecule has 0 aliphatic carbocycles.